The van der Waals surface area contributed by atoms with Gasteiger partial charge in [-0.05, 0) is 18.9 Å². The van der Waals surface area contributed by atoms with E-state index >= 15 is 0 Å². The highest BCUT2D eigenvalue weighted by atomic mass is 16.6. The van der Waals surface area contributed by atoms with Crippen LogP contribution in [0.25, 0.3) is 0 Å². The molecule has 6 heteroatoms. The third kappa shape index (κ3) is 4.22. The van der Waals surface area contributed by atoms with Crippen molar-refractivity contribution >= 4 is 17.3 Å². The van der Waals surface area contributed by atoms with E-state index in [0.717, 1.165) is 19.3 Å². The predicted octanol–water partition coefficient (Wildman–Crippen LogP) is 2.95. The largest absolute Gasteiger partial charge is 0.379 e. The molecule has 0 saturated carbocycles. The van der Waals surface area contributed by atoms with Crippen molar-refractivity contribution in [1.82, 2.24) is 5.32 Å². The van der Waals surface area contributed by atoms with Crippen molar-refractivity contribution in [2.75, 3.05) is 18.4 Å². The zero-order chi connectivity index (χ0) is 15.0. The van der Waals surface area contributed by atoms with Gasteiger partial charge in [-0.25, -0.2) is 0 Å². The molecule has 0 bridgehead atoms. The number of hydrogen-bond donors (Lipinski definition) is 2. The van der Waals surface area contributed by atoms with E-state index in [2.05, 4.69) is 10.6 Å². The summed E-state index contributed by atoms with van der Waals surface area (Å²) < 4.78 is 0. The van der Waals surface area contributed by atoms with Crippen LogP contribution in [0.3, 0.4) is 0 Å². The Morgan fingerprint density at radius 3 is 2.60 bits per heavy atom. The zero-order valence-electron chi connectivity index (χ0n) is 11.9. The number of nitro groups is 1. The second-order valence-corrected chi connectivity index (χ2v) is 4.49. The van der Waals surface area contributed by atoms with Gasteiger partial charge in [0.15, 0.2) is 0 Å². The fourth-order valence-electron chi connectivity index (χ4n) is 1.79. The Bertz CT molecular complexity index is 475. The molecule has 0 heterocycles. The number of anilines is 1. The maximum atomic E-state index is 12.1. The Morgan fingerprint density at radius 1 is 1.25 bits per heavy atom. The summed E-state index contributed by atoms with van der Waals surface area (Å²) in [5, 5.41) is 16.8. The molecule has 0 aliphatic carbocycles. The van der Waals surface area contributed by atoms with Crippen LogP contribution in [0.4, 0.5) is 11.4 Å². The van der Waals surface area contributed by atoms with Crippen LogP contribution >= 0.6 is 0 Å². The van der Waals surface area contributed by atoms with Gasteiger partial charge in [-0.1, -0.05) is 26.3 Å². The molecule has 0 saturated heterocycles. The van der Waals surface area contributed by atoms with E-state index in [1.165, 1.54) is 12.1 Å². The number of nitrogens with zero attached hydrogens (tertiary/aromatic N) is 1. The molecule has 110 valence electrons. The van der Waals surface area contributed by atoms with Crippen LogP contribution in [-0.4, -0.2) is 23.9 Å². The number of hydrogen-bond acceptors (Lipinski definition) is 4. The van der Waals surface area contributed by atoms with E-state index < -0.39 is 4.92 Å². The molecule has 6 nitrogen and oxygen atoms in total. The van der Waals surface area contributed by atoms with Crippen molar-refractivity contribution in [2.24, 2.45) is 0 Å². The van der Waals surface area contributed by atoms with Crippen molar-refractivity contribution in [2.45, 2.75) is 33.1 Å². The summed E-state index contributed by atoms with van der Waals surface area (Å²) in [6.45, 7) is 5.15. The van der Waals surface area contributed by atoms with Crippen molar-refractivity contribution < 1.29 is 9.72 Å². The highest BCUT2D eigenvalue weighted by Crippen LogP contribution is 2.28. The Labute approximate surface area is 118 Å². The normalized spacial score (nSPS) is 10.1. The van der Waals surface area contributed by atoms with Gasteiger partial charge in [-0.3, -0.25) is 14.9 Å². The van der Waals surface area contributed by atoms with E-state index in [1.54, 1.807) is 6.07 Å². The van der Waals surface area contributed by atoms with Gasteiger partial charge >= 0.3 is 0 Å². The smallest absolute Gasteiger partial charge is 0.293 e. The SMILES string of the molecule is CCCCNC(=O)c1cccc([N+](=O)[O-])c1NCCC. The maximum Gasteiger partial charge on any atom is 0.293 e. The third-order valence-electron chi connectivity index (χ3n) is 2.85. The molecule has 0 unspecified atom stereocenters. The molecule has 0 spiro atoms. The number of unbranched alkanes of at least 4 members (excludes halogenated alkanes) is 1. The van der Waals surface area contributed by atoms with Crippen LogP contribution in [0.5, 0.6) is 0 Å². The minimum Gasteiger partial charge on any atom is -0.379 e. The lowest BCUT2D eigenvalue weighted by atomic mass is 10.1. The van der Waals surface area contributed by atoms with Gasteiger partial charge in [0.1, 0.15) is 5.69 Å². The molecule has 0 fully saturated rings. The van der Waals surface area contributed by atoms with Gasteiger partial charge in [0.25, 0.3) is 11.6 Å². The number of carbonyl (C=O) groups is 1. The summed E-state index contributed by atoms with van der Waals surface area (Å²) in [4.78, 5) is 22.7. The first-order valence-corrected chi connectivity index (χ1v) is 6.91. The number of carbonyl (C=O) groups excluding carboxylic acids is 1. The molecule has 1 aromatic carbocycles. The van der Waals surface area contributed by atoms with Gasteiger partial charge in [-0.15, -0.1) is 0 Å². The second-order valence-electron chi connectivity index (χ2n) is 4.49. The van der Waals surface area contributed by atoms with E-state index in [0.29, 0.717) is 24.3 Å². The van der Waals surface area contributed by atoms with Gasteiger partial charge in [0.2, 0.25) is 0 Å². The van der Waals surface area contributed by atoms with Gasteiger partial charge in [0.05, 0.1) is 10.5 Å². The molecule has 2 N–H and O–H groups in total. The molecule has 1 amide bonds. The minimum atomic E-state index is -0.471. The van der Waals surface area contributed by atoms with Crippen molar-refractivity contribution in [3.63, 3.8) is 0 Å². The number of rotatable bonds is 8. The Kier molecular flexibility index (Phi) is 6.49. The first kappa shape index (κ1) is 15.9. The monoisotopic (exact) mass is 279 g/mol. The van der Waals surface area contributed by atoms with Crippen LogP contribution in [0.1, 0.15) is 43.5 Å². The summed E-state index contributed by atoms with van der Waals surface area (Å²) in [6.07, 6.45) is 2.69. The summed E-state index contributed by atoms with van der Waals surface area (Å²) >= 11 is 0. The number of amides is 1. The maximum absolute atomic E-state index is 12.1. The molecule has 1 rings (SSSR count). The number of nitrogens with one attached hydrogen (secondary N) is 2. The minimum absolute atomic E-state index is 0.0680. The summed E-state index contributed by atoms with van der Waals surface area (Å²) in [5.41, 5.74) is 0.554. The Balaban J connectivity index is 3.01. The number of nitro benzene ring substituents is 1. The third-order valence-corrected chi connectivity index (χ3v) is 2.85. The Morgan fingerprint density at radius 2 is 2.00 bits per heavy atom. The van der Waals surface area contributed by atoms with E-state index in [-0.39, 0.29) is 11.6 Å². The molecular formula is C14H21N3O3. The molecule has 0 aromatic heterocycles. The van der Waals surface area contributed by atoms with Crippen LogP contribution in [0, 0.1) is 10.1 Å². The van der Waals surface area contributed by atoms with Gasteiger partial charge < -0.3 is 10.6 Å². The highest BCUT2D eigenvalue weighted by Gasteiger charge is 2.20. The standard InChI is InChI=1S/C14H21N3O3/c1-3-5-10-16-14(18)11-7-6-8-12(17(19)20)13(11)15-9-4-2/h6-8,15H,3-5,9-10H2,1-2H3,(H,16,18). The summed E-state index contributed by atoms with van der Waals surface area (Å²) in [6, 6.07) is 4.54. The first-order valence-electron chi connectivity index (χ1n) is 6.91. The van der Waals surface area contributed by atoms with E-state index in [9.17, 15) is 14.9 Å². The first-order chi connectivity index (χ1) is 9.61. The van der Waals surface area contributed by atoms with Crippen molar-refractivity contribution in [1.29, 1.82) is 0 Å². The van der Waals surface area contributed by atoms with Gasteiger partial charge in [-0.2, -0.15) is 0 Å². The quantitative estimate of drug-likeness (QED) is 0.435. The highest BCUT2D eigenvalue weighted by molar-refractivity contribution is 6.01. The van der Waals surface area contributed by atoms with Crippen LogP contribution in [0.15, 0.2) is 18.2 Å². The molecule has 20 heavy (non-hydrogen) atoms. The molecule has 1 aromatic rings. The number of para-hydroxylation sites is 1. The molecular weight excluding hydrogens is 258 g/mol. The lowest BCUT2D eigenvalue weighted by Crippen LogP contribution is -2.25. The molecule has 0 aliphatic heterocycles. The van der Waals surface area contributed by atoms with E-state index in [4.69, 9.17) is 0 Å². The van der Waals surface area contributed by atoms with Crippen LogP contribution in [0.2, 0.25) is 0 Å². The molecule has 0 aliphatic rings. The second kappa shape index (κ2) is 8.14. The summed E-state index contributed by atoms with van der Waals surface area (Å²) in [7, 11) is 0. The Hall–Kier alpha value is -2.11. The fourth-order valence-corrected chi connectivity index (χ4v) is 1.79. The summed E-state index contributed by atoms with van der Waals surface area (Å²) in [5.74, 6) is -0.277. The number of benzene rings is 1. The van der Waals surface area contributed by atoms with Crippen molar-refractivity contribution in [3.8, 4) is 0 Å². The lowest BCUT2D eigenvalue weighted by Gasteiger charge is -2.12. The fraction of sp³-hybridized carbons (Fsp3) is 0.500. The van der Waals surface area contributed by atoms with Crippen molar-refractivity contribution in [3.05, 3.63) is 33.9 Å². The topological polar surface area (TPSA) is 84.3 Å². The predicted molar refractivity (Wildman–Crippen MR) is 79.1 cm³/mol. The average molecular weight is 279 g/mol. The molecule has 0 radical (unpaired) electrons. The molecule has 0 atom stereocenters. The lowest BCUT2D eigenvalue weighted by molar-refractivity contribution is -0.384. The average Bonchev–Trinajstić information content (AvgIpc) is 2.44. The van der Waals surface area contributed by atoms with E-state index in [1.807, 2.05) is 13.8 Å². The van der Waals surface area contributed by atoms with Crippen LogP contribution in [-0.2, 0) is 0 Å². The zero-order valence-corrected chi connectivity index (χ0v) is 11.9. The van der Waals surface area contributed by atoms with Crippen LogP contribution < -0.4 is 10.6 Å². The van der Waals surface area contributed by atoms with Gasteiger partial charge in [0, 0.05) is 19.2 Å².